The van der Waals surface area contributed by atoms with Gasteiger partial charge in [0.25, 0.3) is 0 Å². The van der Waals surface area contributed by atoms with Crippen molar-refractivity contribution in [3.63, 3.8) is 0 Å². The third kappa shape index (κ3) is 3.34. The van der Waals surface area contributed by atoms with Gasteiger partial charge in [0.05, 0.1) is 13.2 Å². The number of hydrogen-bond acceptors (Lipinski definition) is 2. The Morgan fingerprint density at radius 1 is 1.10 bits per heavy atom. The van der Waals surface area contributed by atoms with E-state index in [-0.39, 0.29) is 25.5 Å². The van der Waals surface area contributed by atoms with Gasteiger partial charge in [0.15, 0.2) is 0 Å². The summed E-state index contributed by atoms with van der Waals surface area (Å²) in [6.07, 6.45) is 0.240. The zero-order valence-electron chi connectivity index (χ0n) is 11.8. The summed E-state index contributed by atoms with van der Waals surface area (Å²) < 4.78 is 14.7. The average molecular weight is 353 g/mol. The van der Waals surface area contributed by atoms with E-state index >= 15 is 0 Å². The Morgan fingerprint density at radius 2 is 1.76 bits per heavy atom. The predicted octanol–water partition coefficient (Wildman–Crippen LogP) is 3.36. The molecule has 0 saturated heterocycles. The van der Waals surface area contributed by atoms with Crippen LogP contribution >= 0.6 is 15.9 Å². The molecule has 2 N–H and O–H groups in total. The molecule has 112 valence electrons. The second-order valence-electron chi connectivity index (χ2n) is 5.32. The molecule has 0 saturated carbocycles. The molecule has 21 heavy (non-hydrogen) atoms. The van der Waals surface area contributed by atoms with Crippen LogP contribution in [0, 0.1) is 12.7 Å². The van der Waals surface area contributed by atoms with E-state index in [4.69, 9.17) is 0 Å². The lowest BCUT2D eigenvalue weighted by atomic mass is 9.75. The van der Waals surface area contributed by atoms with Gasteiger partial charge in [-0.2, -0.15) is 0 Å². The molecule has 0 heterocycles. The molecule has 0 unspecified atom stereocenters. The maximum Gasteiger partial charge on any atom is 0.127 e. The number of aliphatic hydroxyl groups excluding tert-OH is 2. The van der Waals surface area contributed by atoms with Crippen LogP contribution in [0.4, 0.5) is 4.39 Å². The number of hydrogen-bond donors (Lipinski definition) is 2. The predicted molar refractivity (Wildman–Crippen MR) is 84.8 cm³/mol. The smallest absolute Gasteiger partial charge is 0.127 e. The van der Waals surface area contributed by atoms with Crippen LogP contribution in [0.5, 0.6) is 0 Å². The normalized spacial score (nSPS) is 11.7. The first kappa shape index (κ1) is 16.1. The van der Waals surface area contributed by atoms with Gasteiger partial charge in [-0.25, -0.2) is 4.39 Å². The summed E-state index contributed by atoms with van der Waals surface area (Å²) in [7, 11) is 0. The fourth-order valence-corrected chi connectivity index (χ4v) is 2.96. The van der Waals surface area contributed by atoms with Crippen LogP contribution in [0.1, 0.15) is 16.7 Å². The Hall–Kier alpha value is -1.23. The first-order valence-electron chi connectivity index (χ1n) is 6.74. The first-order chi connectivity index (χ1) is 10.0. The maximum absolute atomic E-state index is 14.1. The van der Waals surface area contributed by atoms with Crippen molar-refractivity contribution in [1.82, 2.24) is 0 Å². The molecule has 0 bridgehead atoms. The summed E-state index contributed by atoms with van der Waals surface area (Å²) in [5.41, 5.74) is 1.40. The monoisotopic (exact) mass is 352 g/mol. The van der Waals surface area contributed by atoms with E-state index in [0.29, 0.717) is 10.0 Å². The maximum atomic E-state index is 14.1. The minimum absolute atomic E-state index is 0.240. The van der Waals surface area contributed by atoms with Crippen LogP contribution in [0.25, 0.3) is 0 Å². The summed E-state index contributed by atoms with van der Waals surface area (Å²) in [5, 5.41) is 19.7. The molecule has 0 radical (unpaired) electrons. The summed E-state index contributed by atoms with van der Waals surface area (Å²) >= 11 is 3.23. The molecule has 0 atom stereocenters. The minimum atomic E-state index is -0.889. The zero-order valence-corrected chi connectivity index (χ0v) is 13.4. The van der Waals surface area contributed by atoms with Crippen molar-refractivity contribution in [3.8, 4) is 0 Å². The van der Waals surface area contributed by atoms with Crippen molar-refractivity contribution >= 4 is 15.9 Å². The lowest BCUT2D eigenvalue weighted by molar-refractivity contribution is 0.115. The highest BCUT2D eigenvalue weighted by Crippen LogP contribution is 2.31. The second kappa shape index (κ2) is 6.69. The number of halogens is 2. The molecule has 0 aliphatic carbocycles. The Bertz CT molecular complexity index is 624. The van der Waals surface area contributed by atoms with Crippen molar-refractivity contribution in [2.45, 2.75) is 18.8 Å². The van der Waals surface area contributed by atoms with Gasteiger partial charge < -0.3 is 10.2 Å². The SMILES string of the molecule is Cc1ccccc1C(CO)(CO)Cc1ccc(Br)cc1F. The van der Waals surface area contributed by atoms with Crippen molar-refractivity contribution < 1.29 is 14.6 Å². The highest BCUT2D eigenvalue weighted by Gasteiger charge is 2.33. The van der Waals surface area contributed by atoms with Gasteiger partial charge in [-0.05, 0) is 42.2 Å². The van der Waals surface area contributed by atoms with Crippen LogP contribution in [0.15, 0.2) is 46.9 Å². The van der Waals surface area contributed by atoms with Gasteiger partial charge in [-0.3, -0.25) is 0 Å². The largest absolute Gasteiger partial charge is 0.395 e. The highest BCUT2D eigenvalue weighted by molar-refractivity contribution is 9.10. The minimum Gasteiger partial charge on any atom is -0.395 e. The third-order valence-corrected chi connectivity index (χ3v) is 4.36. The van der Waals surface area contributed by atoms with E-state index in [9.17, 15) is 14.6 Å². The molecule has 2 aromatic carbocycles. The molecular formula is C17H18BrFO2. The Kier molecular flexibility index (Phi) is 5.14. The molecule has 0 aliphatic heterocycles. The molecule has 2 aromatic rings. The Labute approximate surface area is 132 Å². The molecule has 0 aromatic heterocycles. The van der Waals surface area contributed by atoms with Crippen molar-refractivity contribution in [2.24, 2.45) is 0 Å². The van der Waals surface area contributed by atoms with E-state index in [1.165, 1.54) is 6.07 Å². The molecule has 2 rings (SSSR count). The van der Waals surface area contributed by atoms with E-state index < -0.39 is 5.41 Å². The van der Waals surface area contributed by atoms with E-state index in [1.807, 2.05) is 31.2 Å². The van der Waals surface area contributed by atoms with Gasteiger partial charge >= 0.3 is 0 Å². The summed E-state index contributed by atoms with van der Waals surface area (Å²) in [5.74, 6) is -0.343. The average Bonchev–Trinajstić information content (AvgIpc) is 2.48. The molecular weight excluding hydrogens is 335 g/mol. The fraction of sp³-hybridized carbons (Fsp3) is 0.294. The molecule has 0 amide bonds. The van der Waals surface area contributed by atoms with Gasteiger partial charge in [0, 0.05) is 9.89 Å². The van der Waals surface area contributed by atoms with Gasteiger partial charge in [-0.15, -0.1) is 0 Å². The molecule has 0 spiro atoms. The lowest BCUT2D eigenvalue weighted by Gasteiger charge is -2.32. The van der Waals surface area contributed by atoms with Crippen LogP contribution in [-0.2, 0) is 11.8 Å². The van der Waals surface area contributed by atoms with Crippen LogP contribution in [-0.4, -0.2) is 23.4 Å². The highest BCUT2D eigenvalue weighted by atomic mass is 79.9. The van der Waals surface area contributed by atoms with Crippen LogP contribution in [0.3, 0.4) is 0 Å². The Morgan fingerprint density at radius 3 is 2.33 bits per heavy atom. The zero-order chi connectivity index (χ0) is 15.5. The van der Waals surface area contributed by atoms with Gasteiger partial charge in [0.2, 0.25) is 0 Å². The lowest BCUT2D eigenvalue weighted by Crippen LogP contribution is -2.38. The van der Waals surface area contributed by atoms with Crippen LogP contribution < -0.4 is 0 Å². The Balaban J connectivity index is 2.46. The van der Waals surface area contributed by atoms with E-state index in [1.54, 1.807) is 12.1 Å². The number of rotatable bonds is 5. The van der Waals surface area contributed by atoms with Gasteiger partial charge in [0.1, 0.15) is 5.82 Å². The first-order valence-corrected chi connectivity index (χ1v) is 7.53. The third-order valence-electron chi connectivity index (χ3n) is 3.87. The molecule has 4 heteroatoms. The van der Waals surface area contributed by atoms with Gasteiger partial charge in [-0.1, -0.05) is 46.3 Å². The summed E-state index contributed by atoms with van der Waals surface area (Å²) in [6, 6.07) is 12.4. The summed E-state index contributed by atoms with van der Waals surface area (Å²) in [4.78, 5) is 0. The number of aryl methyl sites for hydroxylation is 1. The standard InChI is InChI=1S/C17H18BrFO2/c1-12-4-2-3-5-15(12)17(10-20,11-21)9-13-6-7-14(18)8-16(13)19/h2-8,20-21H,9-11H2,1H3. The topological polar surface area (TPSA) is 40.5 Å². The van der Waals surface area contributed by atoms with Crippen molar-refractivity contribution in [3.05, 3.63) is 69.4 Å². The quantitative estimate of drug-likeness (QED) is 0.866. The van der Waals surface area contributed by atoms with E-state index in [0.717, 1.165) is 11.1 Å². The van der Waals surface area contributed by atoms with Crippen molar-refractivity contribution in [1.29, 1.82) is 0 Å². The second-order valence-corrected chi connectivity index (χ2v) is 6.24. The van der Waals surface area contributed by atoms with Crippen LogP contribution in [0.2, 0.25) is 0 Å². The number of aliphatic hydroxyl groups is 2. The van der Waals surface area contributed by atoms with E-state index in [2.05, 4.69) is 15.9 Å². The summed E-state index contributed by atoms with van der Waals surface area (Å²) in [6.45, 7) is 1.43. The molecule has 0 aliphatic rings. The molecule has 0 fully saturated rings. The fourth-order valence-electron chi connectivity index (χ4n) is 2.62. The molecule has 2 nitrogen and oxygen atoms in total. The number of benzene rings is 2. The van der Waals surface area contributed by atoms with Crippen molar-refractivity contribution in [2.75, 3.05) is 13.2 Å².